The summed E-state index contributed by atoms with van der Waals surface area (Å²) in [5.41, 5.74) is 2.64. The van der Waals surface area contributed by atoms with Gasteiger partial charge in [-0.2, -0.15) is 9.30 Å². The number of nitro groups is 1. The summed E-state index contributed by atoms with van der Waals surface area (Å²) >= 11 is 0. The van der Waals surface area contributed by atoms with Crippen LogP contribution in [-0.2, 0) is 21.3 Å². The van der Waals surface area contributed by atoms with Gasteiger partial charge in [0.15, 0.2) is 0 Å². The average Bonchev–Trinajstić information content (AvgIpc) is 3.27. The van der Waals surface area contributed by atoms with Crippen LogP contribution >= 0.6 is 0 Å². The summed E-state index contributed by atoms with van der Waals surface area (Å²) in [7, 11) is -3.64. The number of amidine groups is 1. The number of nitrogens with zero attached hydrogens (tertiary/aromatic N) is 4. The van der Waals surface area contributed by atoms with Crippen molar-refractivity contribution in [1.82, 2.24) is 4.31 Å². The number of benzene rings is 3. The fourth-order valence-corrected chi connectivity index (χ4v) is 5.95. The van der Waals surface area contributed by atoms with Crippen molar-refractivity contribution in [2.75, 3.05) is 31.2 Å². The Morgan fingerprint density at radius 1 is 1.00 bits per heavy atom. The van der Waals surface area contributed by atoms with Crippen molar-refractivity contribution in [1.29, 1.82) is 0 Å². The lowest BCUT2D eigenvalue weighted by molar-refractivity contribution is -0.385. The van der Waals surface area contributed by atoms with Gasteiger partial charge in [-0.15, -0.1) is 0 Å². The van der Waals surface area contributed by atoms with Gasteiger partial charge in [0, 0.05) is 36.0 Å². The molecule has 11 heteroatoms. The minimum atomic E-state index is -3.64. The Labute approximate surface area is 214 Å². The minimum Gasteiger partial charge on any atom is -0.379 e. The van der Waals surface area contributed by atoms with E-state index in [4.69, 9.17) is 4.74 Å². The third-order valence-electron chi connectivity index (χ3n) is 6.54. The molecule has 0 bridgehead atoms. The van der Waals surface area contributed by atoms with Crippen molar-refractivity contribution in [2.24, 2.45) is 4.99 Å². The molecule has 0 N–H and O–H groups in total. The largest absolute Gasteiger partial charge is 0.379 e. The maximum atomic E-state index is 13.2. The molecule has 2 aliphatic heterocycles. The molecule has 37 heavy (non-hydrogen) atoms. The van der Waals surface area contributed by atoms with E-state index in [-0.39, 0.29) is 21.7 Å². The first-order valence-electron chi connectivity index (χ1n) is 11.7. The molecular formula is C26H24N4O6S. The van der Waals surface area contributed by atoms with Crippen LogP contribution in [0, 0.1) is 17.0 Å². The SMILES string of the molecule is Cc1c(C(=O)N=C2c3ccccc3CN2c2ccc(S(=O)(=O)N3CCOCC3)cc2)cccc1[N+](=O)[O-]. The maximum absolute atomic E-state index is 13.2. The number of anilines is 1. The van der Waals surface area contributed by atoms with E-state index in [9.17, 15) is 23.3 Å². The Hall–Kier alpha value is -3.93. The number of carbonyl (C=O) groups excluding carboxylic acids is 1. The fraction of sp³-hybridized carbons (Fsp3) is 0.231. The third kappa shape index (κ3) is 4.64. The van der Waals surface area contributed by atoms with Crippen molar-refractivity contribution < 1.29 is 22.9 Å². The molecule has 0 saturated carbocycles. The van der Waals surface area contributed by atoms with Crippen LogP contribution in [-0.4, -0.2) is 55.7 Å². The first-order chi connectivity index (χ1) is 17.8. The van der Waals surface area contributed by atoms with Gasteiger partial charge < -0.3 is 9.64 Å². The summed E-state index contributed by atoms with van der Waals surface area (Å²) < 4.78 is 32.7. The minimum absolute atomic E-state index is 0.146. The molecule has 3 aromatic rings. The lowest BCUT2D eigenvalue weighted by Gasteiger charge is -2.26. The lowest BCUT2D eigenvalue weighted by Crippen LogP contribution is -2.40. The highest BCUT2D eigenvalue weighted by Crippen LogP contribution is 2.31. The second-order valence-electron chi connectivity index (χ2n) is 8.70. The number of hydrogen-bond donors (Lipinski definition) is 0. The van der Waals surface area contributed by atoms with Crippen molar-refractivity contribution in [3.63, 3.8) is 0 Å². The fourth-order valence-electron chi connectivity index (χ4n) is 4.54. The molecule has 1 fully saturated rings. The van der Waals surface area contributed by atoms with Crippen molar-refractivity contribution in [2.45, 2.75) is 18.4 Å². The van der Waals surface area contributed by atoms with Crippen molar-refractivity contribution in [3.8, 4) is 0 Å². The van der Waals surface area contributed by atoms with Crippen LogP contribution < -0.4 is 4.90 Å². The topological polar surface area (TPSA) is 122 Å². The van der Waals surface area contributed by atoms with Gasteiger partial charge >= 0.3 is 0 Å². The van der Waals surface area contributed by atoms with Gasteiger partial charge in [-0.1, -0.05) is 30.3 Å². The second kappa shape index (κ2) is 9.85. The zero-order valence-electron chi connectivity index (χ0n) is 20.0. The van der Waals surface area contributed by atoms with E-state index in [1.165, 1.54) is 29.4 Å². The first-order valence-corrected chi connectivity index (χ1v) is 13.1. The van der Waals surface area contributed by atoms with Gasteiger partial charge in [-0.3, -0.25) is 14.9 Å². The molecule has 0 radical (unpaired) electrons. The van der Waals surface area contributed by atoms with Crippen LogP contribution in [0.15, 0.2) is 76.6 Å². The number of morpholine rings is 1. The van der Waals surface area contributed by atoms with Crippen LogP contribution in [0.3, 0.4) is 0 Å². The van der Waals surface area contributed by atoms with E-state index in [1.807, 2.05) is 29.2 Å². The number of amides is 1. The Bertz CT molecular complexity index is 1510. The highest BCUT2D eigenvalue weighted by Gasteiger charge is 2.30. The van der Waals surface area contributed by atoms with Gasteiger partial charge in [0.05, 0.1) is 35.1 Å². The number of carbonyl (C=O) groups is 1. The Balaban J connectivity index is 1.50. The molecule has 2 heterocycles. The predicted molar refractivity (Wildman–Crippen MR) is 137 cm³/mol. The summed E-state index contributed by atoms with van der Waals surface area (Å²) in [6.07, 6.45) is 0. The van der Waals surface area contributed by atoms with Crippen LogP contribution in [0.1, 0.15) is 27.0 Å². The monoisotopic (exact) mass is 520 g/mol. The van der Waals surface area contributed by atoms with Crippen molar-refractivity contribution in [3.05, 3.63) is 99.1 Å². The lowest BCUT2D eigenvalue weighted by atomic mass is 10.1. The molecule has 0 spiro atoms. The molecule has 5 rings (SSSR count). The number of hydrogen-bond acceptors (Lipinski definition) is 6. The van der Waals surface area contributed by atoms with Gasteiger partial charge in [0.2, 0.25) is 10.0 Å². The van der Waals surface area contributed by atoms with Crippen LogP contribution in [0.5, 0.6) is 0 Å². The molecule has 0 atom stereocenters. The highest BCUT2D eigenvalue weighted by atomic mass is 32.2. The van der Waals surface area contributed by atoms with Gasteiger partial charge in [-0.25, -0.2) is 8.42 Å². The molecule has 0 unspecified atom stereocenters. The normalized spacial score (nSPS) is 17.1. The summed E-state index contributed by atoms with van der Waals surface area (Å²) in [5, 5.41) is 11.3. The number of ether oxygens (including phenoxy) is 1. The zero-order chi connectivity index (χ0) is 26.2. The smallest absolute Gasteiger partial charge is 0.279 e. The number of nitro benzene ring substituents is 1. The van der Waals surface area contributed by atoms with Crippen molar-refractivity contribution >= 4 is 33.1 Å². The third-order valence-corrected chi connectivity index (χ3v) is 8.45. The van der Waals surface area contributed by atoms with Crippen LogP contribution in [0.2, 0.25) is 0 Å². The second-order valence-corrected chi connectivity index (χ2v) is 10.6. The molecule has 3 aromatic carbocycles. The molecule has 1 amide bonds. The molecule has 0 aromatic heterocycles. The Morgan fingerprint density at radius 2 is 1.70 bits per heavy atom. The quantitative estimate of drug-likeness (QED) is 0.373. The molecule has 10 nitrogen and oxygen atoms in total. The van der Waals surface area contributed by atoms with E-state index in [2.05, 4.69) is 4.99 Å². The number of sulfonamides is 1. The summed E-state index contributed by atoms with van der Waals surface area (Å²) in [6.45, 7) is 3.30. The summed E-state index contributed by atoms with van der Waals surface area (Å²) in [5.74, 6) is -0.195. The zero-order valence-corrected chi connectivity index (χ0v) is 20.8. The predicted octanol–water partition coefficient (Wildman–Crippen LogP) is 3.53. The average molecular weight is 521 g/mol. The number of fused-ring (bicyclic) bond motifs is 1. The van der Waals surface area contributed by atoms with Gasteiger partial charge in [-0.05, 0) is 42.8 Å². The van der Waals surface area contributed by atoms with E-state index in [1.54, 1.807) is 24.3 Å². The Kier molecular flexibility index (Phi) is 6.59. The van der Waals surface area contributed by atoms with Crippen LogP contribution in [0.4, 0.5) is 11.4 Å². The summed E-state index contributed by atoms with van der Waals surface area (Å²) in [6, 6.07) is 18.4. The Morgan fingerprint density at radius 3 is 2.41 bits per heavy atom. The van der Waals surface area contributed by atoms with E-state index < -0.39 is 20.9 Å². The molecule has 190 valence electrons. The van der Waals surface area contributed by atoms with Gasteiger partial charge in [0.25, 0.3) is 11.6 Å². The molecule has 0 aliphatic carbocycles. The molecular weight excluding hydrogens is 496 g/mol. The molecule has 2 aliphatic rings. The first kappa shape index (κ1) is 24.8. The number of aliphatic imine (C=N–C) groups is 1. The highest BCUT2D eigenvalue weighted by molar-refractivity contribution is 7.89. The van der Waals surface area contributed by atoms with Crippen LogP contribution in [0.25, 0.3) is 0 Å². The van der Waals surface area contributed by atoms with E-state index >= 15 is 0 Å². The number of rotatable bonds is 5. The van der Waals surface area contributed by atoms with E-state index in [0.717, 1.165) is 11.1 Å². The summed E-state index contributed by atoms with van der Waals surface area (Å²) in [4.78, 5) is 30.4. The maximum Gasteiger partial charge on any atom is 0.279 e. The van der Waals surface area contributed by atoms with Gasteiger partial charge in [0.1, 0.15) is 5.84 Å². The molecule has 1 saturated heterocycles. The van der Waals surface area contributed by atoms with E-state index in [0.29, 0.717) is 44.4 Å². The standard InChI is InChI=1S/C26H24N4O6S/c1-18-22(7-4-8-24(18)30(32)33)26(31)27-25-23-6-3-2-5-19(23)17-29(25)20-9-11-21(12-10-20)37(34,35)28-13-15-36-16-14-28/h2-12H,13-17H2,1H3.